The number of hydrogen-bond donors (Lipinski definition) is 2. The van der Waals surface area contributed by atoms with Crippen LogP contribution in [-0.2, 0) is 16.1 Å². The summed E-state index contributed by atoms with van der Waals surface area (Å²) in [5, 5.41) is 14.2. The number of carboxylic acids is 1. The summed E-state index contributed by atoms with van der Waals surface area (Å²) in [4.78, 5) is 21.0. The topological polar surface area (TPSA) is 92.4 Å². The molecule has 0 aliphatic rings. The van der Waals surface area contributed by atoms with E-state index in [0.29, 0.717) is 5.69 Å². The number of carbonyl (C=O) groups excluding carboxylic acids is 1. The first-order valence-electron chi connectivity index (χ1n) is 3.76. The maximum atomic E-state index is 10.9. The van der Waals surface area contributed by atoms with Crippen LogP contribution in [0.1, 0.15) is 5.69 Å². The fourth-order valence-corrected chi connectivity index (χ4v) is 0.712. The lowest BCUT2D eigenvalue weighted by atomic mass is 10.4. The summed E-state index contributed by atoms with van der Waals surface area (Å²) >= 11 is 0. The molecule has 0 radical (unpaired) electrons. The molecule has 0 atom stereocenters. The van der Waals surface area contributed by atoms with Crippen LogP contribution in [0.15, 0.2) is 29.0 Å². The minimum Gasteiger partial charge on any atom is -0.478 e. The predicted molar refractivity (Wildman–Crippen MR) is 45.1 cm³/mol. The SMILES string of the molecule is O=C(O)/C=C/C(=O)NCc1ccon1. The van der Waals surface area contributed by atoms with Crippen molar-refractivity contribution in [2.45, 2.75) is 6.54 Å². The molecule has 0 spiro atoms. The van der Waals surface area contributed by atoms with Crippen LogP contribution in [0, 0.1) is 0 Å². The Morgan fingerprint density at radius 3 is 2.93 bits per heavy atom. The molecular formula is C8H8N2O4. The van der Waals surface area contributed by atoms with Crippen LogP contribution in [0.25, 0.3) is 0 Å². The summed E-state index contributed by atoms with van der Waals surface area (Å²) < 4.78 is 4.53. The molecule has 1 amide bonds. The molecule has 14 heavy (non-hydrogen) atoms. The van der Waals surface area contributed by atoms with Crippen LogP contribution in [0.4, 0.5) is 0 Å². The molecule has 6 nitrogen and oxygen atoms in total. The van der Waals surface area contributed by atoms with Gasteiger partial charge in [0, 0.05) is 18.2 Å². The number of carbonyl (C=O) groups is 2. The Morgan fingerprint density at radius 1 is 1.57 bits per heavy atom. The Morgan fingerprint density at radius 2 is 2.36 bits per heavy atom. The van der Waals surface area contributed by atoms with Crippen molar-refractivity contribution in [3.8, 4) is 0 Å². The second-order valence-electron chi connectivity index (χ2n) is 2.38. The Hall–Kier alpha value is -2.11. The number of amides is 1. The van der Waals surface area contributed by atoms with Crippen molar-refractivity contribution in [1.29, 1.82) is 0 Å². The first-order valence-corrected chi connectivity index (χ1v) is 3.76. The van der Waals surface area contributed by atoms with Crippen LogP contribution in [-0.4, -0.2) is 22.1 Å². The molecule has 74 valence electrons. The molecule has 0 bridgehead atoms. The maximum absolute atomic E-state index is 10.9. The number of rotatable bonds is 4. The third-order valence-corrected chi connectivity index (χ3v) is 1.31. The van der Waals surface area contributed by atoms with Gasteiger partial charge < -0.3 is 14.9 Å². The van der Waals surface area contributed by atoms with E-state index in [0.717, 1.165) is 12.2 Å². The zero-order valence-corrected chi connectivity index (χ0v) is 7.14. The maximum Gasteiger partial charge on any atom is 0.328 e. The average molecular weight is 196 g/mol. The van der Waals surface area contributed by atoms with Gasteiger partial charge in [0.15, 0.2) is 0 Å². The van der Waals surface area contributed by atoms with Crippen molar-refractivity contribution in [3.05, 3.63) is 30.2 Å². The molecule has 0 aromatic carbocycles. The minimum absolute atomic E-state index is 0.208. The summed E-state index contributed by atoms with van der Waals surface area (Å²) in [6, 6.07) is 1.60. The number of hydrogen-bond acceptors (Lipinski definition) is 4. The number of aromatic nitrogens is 1. The highest BCUT2D eigenvalue weighted by Crippen LogP contribution is 1.92. The third-order valence-electron chi connectivity index (χ3n) is 1.31. The van der Waals surface area contributed by atoms with Gasteiger partial charge in [-0.15, -0.1) is 0 Å². The van der Waals surface area contributed by atoms with Gasteiger partial charge in [0.1, 0.15) is 12.0 Å². The van der Waals surface area contributed by atoms with E-state index in [9.17, 15) is 9.59 Å². The Balaban J connectivity index is 2.32. The second kappa shape index (κ2) is 4.80. The van der Waals surface area contributed by atoms with Gasteiger partial charge in [0.2, 0.25) is 5.91 Å². The summed E-state index contributed by atoms with van der Waals surface area (Å²) in [5.74, 6) is -1.66. The molecule has 6 heteroatoms. The molecule has 0 saturated heterocycles. The van der Waals surface area contributed by atoms with Crippen molar-refractivity contribution < 1.29 is 19.2 Å². The quantitative estimate of drug-likeness (QED) is 0.657. The van der Waals surface area contributed by atoms with Gasteiger partial charge in [-0.25, -0.2) is 4.79 Å². The molecule has 1 aromatic heterocycles. The van der Waals surface area contributed by atoms with Crippen LogP contribution in [0.2, 0.25) is 0 Å². The standard InChI is InChI=1S/C8H8N2O4/c11-7(1-2-8(12)13)9-5-6-3-4-14-10-6/h1-4H,5H2,(H,9,11)(H,12,13)/b2-1+. The molecule has 0 unspecified atom stereocenters. The van der Waals surface area contributed by atoms with Gasteiger partial charge in [-0.1, -0.05) is 5.16 Å². The van der Waals surface area contributed by atoms with Crippen molar-refractivity contribution in [1.82, 2.24) is 10.5 Å². The monoisotopic (exact) mass is 196 g/mol. The molecule has 1 heterocycles. The minimum atomic E-state index is -1.17. The van der Waals surface area contributed by atoms with Crippen molar-refractivity contribution in [3.63, 3.8) is 0 Å². The van der Waals surface area contributed by atoms with Crippen LogP contribution in [0.3, 0.4) is 0 Å². The highest BCUT2D eigenvalue weighted by Gasteiger charge is 1.99. The fourth-order valence-electron chi connectivity index (χ4n) is 0.712. The second-order valence-corrected chi connectivity index (χ2v) is 2.38. The smallest absolute Gasteiger partial charge is 0.328 e. The summed E-state index contributed by atoms with van der Waals surface area (Å²) in [6.45, 7) is 0.208. The van der Waals surface area contributed by atoms with Crippen LogP contribution in [0.5, 0.6) is 0 Å². The molecule has 0 aliphatic heterocycles. The Bertz CT molecular complexity index is 342. The van der Waals surface area contributed by atoms with E-state index in [1.54, 1.807) is 6.07 Å². The third kappa shape index (κ3) is 3.53. The summed E-state index contributed by atoms with van der Waals surface area (Å²) in [5.41, 5.74) is 0.571. The zero-order chi connectivity index (χ0) is 10.4. The summed E-state index contributed by atoms with van der Waals surface area (Å²) in [6.07, 6.45) is 3.08. The van der Waals surface area contributed by atoms with Crippen molar-refractivity contribution >= 4 is 11.9 Å². The van der Waals surface area contributed by atoms with Gasteiger partial charge >= 0.3 is 5.97 Å². The van der Waals surface area contributed by atoms with E-state index in [2.05, 4.69) is 15.0 Å². The van der Waals surface area contributed by atoms with Crippen LogP contribution >= 0.6 is 0 Å². The number of nitrogens with one attached hydrogen (secondary N) is 1. The van der Waals surface area contributed by atoms with Gasteiger partial charge in [-0.3, -0.25) is 4.79 Å². The van der Waals surface area contributed by atoms with Crippen molar-refractivity contribution in [2.75, 3.05) is 0 Å². The number of aliphatic carboxylic acids is 1. The van der Waals surface area contributed by atoms with Gasteiger partial charge in [0.25, 0.3) is 0 Å². The van der Waals surface area contributed by atoms with E-state index in [4.69, 9.17) is 5.11 Å². The highest BCUT2D eigenvalue weighted by atomic mass is 16.5. The van der Waals surface area contributed by atoms with E-state index >= 15 is 0 Å². The van der Waals surface area contributed by atoms with E-state index in [1.807, 2.05) is 0 Å². The zero-order valence-electron chi connectivity index (χ0n) is 7.14. The van der Waals surface area contributed by atoms with E-state index < -0.39 is 11.9 Å². The summed E-state index contributed by atoms with van der Waals surface area (Å²) in [7, 11) is 0. The first kappa shape index (κ1) is 9.97. The van der Waals surface area contributed by atoms with Gasteiger partial charge in [-0.05, 0) is 0 Å². The first-order chi connectivity index (χ1) is 6.68. The largest absolute Gasteiger partial charge is 0.478 e. The normalized spacial score (nSPS) is 10.3. The lowest BCUT2D eigenvalue weighted by Crippen LogP contribution is -2.20. The number of carboxylic acid groups (broad SMARTS) is 1. The van der Waals surface area contributed by atoms with Gasteiger partial charge in [-0.2, -0.15) is 0 Å². The Kier molecular flexibility index (Phi) is 3.42. The molecule has 0 aliphatic carbocycles. The number of nitrogens with zero attached hydrogens (tertiary/aromatic N) is 1. The lowest BCUT2D eigenvalue weighted by Gasteiger charge is -1.96. The van der Waals surface area contributed by atoms with Crippen molar-refractivity contribution in [2.24, 2.45) is 0 Å². The molecule has 1 rings (SSSR count). The molecular weight excluding hydrogens is 188 g/mol. The van der Waals surface area contributed by atoms with Gasteiger partial charge in [0.05, 0.1) is 6.54 Å². The molecule has 2 N–H and O–H groups in total. The van der Waals surface area contributed by atoms with Crippen LogP contribution < -0.4 is 5.32 Å². The van der Waals surface area contributed by atoms with E-state index in [1.165, 1.54) is 6.26 Å². The molecule has 0 saturated carbocycles. The average Bonchev–Trinajstić information content (AvgIpc) is 2.63. The Labute approximate surface area is 79.2 Å². The molecule has 0 fully saturated rings. The lowest BCUT2D eigenvalue weighted by molar-refractivity contribution is -0.131. The van der Waals surface area contributed by atoms with E-state index in [-0.39, 0.29) is 6.54 Å². The fraction of sp³-hybridized carbons (Fsp3) is 0.125. The molecule has 1 aromatic rings. The predicted octanol–water partition coefficient (Wildman–Crippen LogP) is -0.0684. The highest BCUT2D eigenvalue weighted by molar-refractivity contribution is 5.93.